The molecule has 1 unspecified atom stereocenters. The van der Waals surface area contributed by atoms with Crippen LogP contribution in [-0.4, -0.2) is 17.5 Å². The van der Waals surface area contributed by atoms with E-state index in [1.54, 1.807) is 0 Å². The van der Waals surface area contributed by atoms with Crippen LogP contribution in [0.1, 0.15) is 31.2 Å². The molecule has 0 saturated heterocycles. The van der Waals surface area contributed by atoms with Gasteiger partial charge < -0.3 is 10.1 Å². The number of hydrogen-bond donors (Lipinski definition) is 1. The van der Waals surface area contributed by atoms with Gasteiger partial charge in [-0.25, -0.2) is 4.79 Å². The van der Waals surface area contributed by atoms with Crippen LogP contribution in [0.15, 0.2) is 30.3 Å². The van der Waals surface area contributed by atoms with Gasteiger partial charge in [0.2, 0.25) is 0 Å². The van der Waals surface area contributed by atoms with Gasteiger partial charge in [0.05, 0.1) is 4.87 Å². The van der Waals surface area contributed by atoms with Crippen LogP contribution in [0.5, 0.6) is 0 Å². The van der Waals surface area contributed by atoms with E-state index in [2.05, 4.69) is 5.32 Å². The van der Waals surface area contributed by atoms with Crippen LogP contribution >= 0.6 is 11.6 Å². The number of benzene rings is 1. The fourth-order valence-corrected chi connectivity index (χ4v) is 3.47. The van der Waals surface area contributed by atoms with Gasteiger partial charge in [-0.3, -0.25) is 0 Å². The summed E-state index contributed by atoms with van der Waals surface area (Å²) in [6.07, 6.45) is 4.33. The zero-order chi connectivity index (χ0) is 13.3. The lowest BCUT2D eigenvalue weighted by atomic mass is 9.79. The molecule has 0 heterocycles. The predicted octanol–water partition coefficient (Wildman–Crippen LogP) is 3.46. The summed E-state index contributed by atoms with van der Waals surface area (Å²) in [6, 6.07) is 9.65. The lowest BCUT2D eigenvalue weighted by Gasteiger charge is -2.29. The molecule has 3 nitrogen and oxygen atoms in total. The molecule has 0 radical (unpaired) electrons. The molecule has 1 N–H and O–H groups in total. The van der Waals surface area contributed by atoms with Gasteiger partial charge in [0, 0.05) is 6.54 Å². The second-order valence-electron chi connectivity index (χ2n) is 5.69. The summed E-state index contributed by atoms with van der Waals surface area (Å²) in [6.45, 7) is 0.815. The molecule has 4 heteroatoms. The highest BCUT2D eigenvalue weighted by Crippen LogP contribution is 2.71. The summed E-state index contributed by atoms with van der Waals surface area (Å²) in [5, 5.41) is 2.79. The predicted molar refractivity (Wildman–Crippen MR) is 74.1 cm³/mol. The first-order valence-corrected chi connectivity index (χ1v) is 7.15. The monoisotopic (exact) mass is 279 g/mol. The topological polar surface area (TPSA) is 38.3 Å². The van der Waals surface area contributed by atoms with E-state index >= 15 is 0 Å². The molecule has 1 aromatic carbocycles. The molecule has 1 amide bonds. The fourth-order valence-electron chi connectivity index (χ4n) is 2.96. The van der Waals surface area contributed by atoms with Gasteiger partial charge in [-0.2, -0.15) is 0 Å². The molecule has 1 atom stereocenters. The Morgan fingerprint density at radius 3 is 2.63 bits per heavy atom. The maximum absolute atomic E-state index is 11.6. The molecule has 0 bridgehead atoms. The second kappa shape index (κ2) is 4.71. The number of carbonyl (C=O) groups is 1. The van der Waals surface area contributed by atoms with Gasteiger partial charge >= 0.3 is 6.09 Å². The van der Waals surface area contributed by atoms with Crippen molar-refractivity contribution < 1.29 is 9.53 Å². The second-order valence-corrected chi connectivity index (χ2v) is 6.41. The number of halogens is 1. The van der Waals surface area contributed by atoms with Crippen LogP contribution in [0, 0.1) is 5.41 Å². The Labute approximate surface area is 118 Å². The average Bonchev–Trinajstić information content (AvgIpc) is 3.03. The summed E-state index contributed by atoms with van der Waals surface area (Å²) in [4.78, 5) is 11.4. The van der Waals surface area contributed by atoms with E-state index in [1.807, 2.05) is 30.3 Å². The zero-order valence-corrected chi connectivity index (χ0v) is 11.6. The van der Waals surface area contributed by atoms with Crippen molar-refractivity contribution in [3.8, 4) is 0 Å². The minimum absolute atomic E-state index is 0.211. The quantitative estimate of drug-likeness (QED) is 0.857. The van der Waals surface area contributed by atoms with Crippen LogP contribution in [-0.2, 0) is 11.3 Å². The van der Waals surface area contributed by atoms with Crippen LogP contribution in [0.4, 0.5) is 4.79 Å². The first-order valence-electron chi connectivity index (χ1n) is 6.77. The van der Waals surface area contributed by atoms with Crippen LogP contribution in [0.25, 0.3) is 0 Å². The molecule has 0 aromatic heterocycles. The van der Waals surface area contributed by atoms with Crippen molar-refractivity contribution in [2.45, 2.75) is 37.2 Å². The summed E-state index contributed by atoms with van der Waals surface area (Å²) in [7, 11) is 0. The highest BCUT2D eigenvalue weighted by Gasteiger charge is 2.68. The number of amides is 1. The van der Waals surface area contributed by atoms with Crippen molar-refractivity contribution in [3.63, 3.8) is 0 Å². The first kappa shape index (κ1) is 12.8. The Hall–Kier alpha value is -1.22. The highest BCUT2D eigenvalue weighted by atomic mass is 35.5. The molecule has 0 aliphatic heterocycles. The van der Waals surface area contributed by atoms with Gasteiger partial charge in [-0.05, 0) is 30.2 Å². The molecule has 2 saturated carbocycles. The van der Waals surface area contributed by atoms with E-state index in [1.165, 1.54) is 19.3 Å². The molecule has 2 aliphatic carbocycles. The third-order valence-electron chi connectivity index (χ3n) is 4.48. The maximum Gasteiger partial charge on any atom is 0.407 e. The third kappa shape index (κ3) is 2.44. The van der Waals surface area contributed by atoms with Gasteiger partial charge in [-0.1, -0.05) is 36.8 Å². The van der Waals surface area contributed by atoms with Crippen molar-refractivity contribution >= 4 is 17.7 Å². The summed E-state index contributed by atoms with van der Waals surface area (Å²) >= 11 is 6.49. The smallest absolute Gasteiger partial charge is 0.407 e. The molecule has 102 valence electrons. The van der Waals surface area contributed by atoms with Gasteiger partial charge in [0.25, 0.3) is 0 Å². The fraction of sp³-hybridized carbons (Fsp3) is 0.533. The van der Waals surface area contributed by atoms with E-state index in [9.17, 15) is 4.79 Å². The van der Waals surface area contributed by atoms with Gasteiger partial charge in [-0.15, -0.1) is 11.6 Å². The van der Waals surface area contributed by atoms with Gasteiger partial charge in [0.1, 0.15) is 6.61 Å². The number of alkyl halides is 1. The minimum Gasteiger partial charge on any atom is -0.445 e. The van der Waals surface area contributed by atoms with E-state index in [0.29, 0.717) is 18.6 Å². The van der Waals surface area contributed by atoms with Crippen LogP contribution in [0.2, 0.25) is 0 Å². The molecular weight excluding hydrogens is 262 g/mol. The lowest BCUT2D eigenvalue weighted by Crippen LogP contribution is -2.36. The lowest BCUT2D eigenvalue weighted by molar-refractivity contribution is 0.138. The Balaban J connectivity index is 1.40. The summed E-state index contributed by atoms with van der Waals surface area (Å²) in [5.74, 6) is 0. The van der Waals surface area contributed by atoms with Gasteiger partial charge in [0.15, 0.2) is 0 Å². The van der Waals surface area contributed by atoms with E-state index < -0.39 is 0 Å². The van der Waals surface area contributed by atoms with Crippen molar-refractivity contribution in [2.24, 2.45) is 5.41 Å². The van der Waals surface area contributed by atoms with Crippen molar-refractivity contribution in [3.05, 3.63) is 35.9 Å². The van der Waals surface area contributed by atoms with E-state index in [-0.39, 0.29) is 11.0 Å². The number of carbonyl (C=O) groups excluding carboxylic acids is 1. The Morgan fingerprint density at radius 1 is 1.32 bits per heavy atom. The first-order chi connectivity index (χ1) is 9.14. The Morgan fingerprint density at radius 2 is 2.05 bits per heavy atom. The zero-order valence-electron chi connectivity index (χ0n) is 10.8. The van der Waals surface area contributed by atoms with E-state index in [0.717, 1.165) is 12.0 Å². The SMILES string of the molecule is O=C(NCC1(Cl)CC12CCC2)OCc1ccccc1. The summed E-state index contributed by atoms with van der Waals surface area (Å²) in [5.41, 5.74) is 1.31. The standard InChI is InChI=1S/C15H18ClNO2/c16-15(10-14(15)7-4-8-14)11-17-13(18)19-9-12-5-2-1-3-6-12/h1-3,5-6H,4,7-11H2,(H,17,18). The van der Waals surface area contributed by atoms with Crippen molar-refractivity contribution in [2.75, 3.05) is 6.54 Å². The number of ether oxygens (including phenoxy) is 1. The molecule has 1 spiro atoms. The Bertz CT molecular complexity index is 472. The molecule has 3 rings (SSSR count). The molecule has 2 fully saturated rings. The van der Waals surface area contributed by atoms with Crippen molar-refractivity contribution in [1.29, 1.82) is 0 Å². The third-order valence-corrected chi connectivity index (χ3v) is 5.15. The Kier molecular flexibility index (Phi) is 3.17. The highest BCUT2D eigenvalue weighted by molar-refractivity contribution is 6.27. The number of rotatable bonds is 4. The molecule has 19 heavy (non-hydrogen) atoms. The van der Waals surface area contributed by atoms with E-state index in [4.69, 9.17) is 16.3 Å². The summed E-state index contributed by atoms with van der Waals surface area (Å²) < 4.78 is 5.16. The average molecular weight is 280 g/mol. The van der Waals surface area contributed by atoms with Crippen LogP contribution < -0.4 is 5.32 Å². The molecular formula is C15H18ClNO2. The minimum atomic E-state index is -0.384. The number of alkyl carbamates (subject to hydrolysis) is 1. The largest absolute Gasteiger partial charge is 0.445 e. The molecule has 2 aliphatic rings. The van der Waals surface area contributed by atoms with Crippen molar-refractivity contribution in [1.82, 2.24) is 5.32 Å². The number of hydrogen-bond acceptors (Lipinski definition) is 2. The number of nitrogens with one attached hydrogen (secondary N) is 1. The normalized spacial score (nSPS) is 26.6. The maximum atomic E-state index is 11.6. The molecule has 1 aromatic rings. The van der Waals surface area contributed by atoms with Crippen LogP contribution in [0.3, 0.4) is 0 Å².